The highest BCUT2D eigenvalue weighted by Gasteiger charge is 2.15. The standard InChI is InChI=1S/C8H8N4O2S/c1-4-10-6-2-5(11-9)7(12(13)14)3-8(6)15-4/h2-3,11H,9H2,1H3. The molecule has 0 amide bonds. The average Bonchev–Trinajstić information content (AvgIpc) is 2.54. The number of fused-ring (bicyclic) bond motifs is 1. The molecule has 2 rings (SSSR count). The van der Waals surface area contributed by atoms with Crippen molar-refractivity contribution in [3.8, 4) is 0 Å². The lowest BCUT2D eigenvalue weighted by Gasteiger charge is -2.00. The Morgan fingerprint density at radius 3 is 2.93 bits per heavy atom. The van der Waals surface area contributed by atoms with E-state index in [-0.39, 0.29) is 11.4 Å². The molecule has 0 aliphatic rings. The zero-order valence-electron chi connectivity index (χ0n) is 7.85. The van der Waals surface area contributed by atoms with Gasteiger partial charge in [-0.15, -0.1) is 11.3 Å². The van der Waals surface area contributed by atoms with Crippen molar-refractivity contribution in [2.45, 2.75) is 6.92 Å². The lowest BCUT2D eigenvalue weighted by atomic mass is 10.2. The third-order valence-corrected chi connectivity index (χ3v) is 2.90. The Morgan fingerprint density at radius 2 is 2.33 bits per heavy atom. The minimum Gasteiger partial charge on any atom is -0.318 e. The largest absolute Gasteiger partial charge is 0.318 e. The van der Waals surface area contributed by atoms with Crippen molar-refractivity contribution in [2.75, 3.05) is 5.43 Å². The Balaban J connectivity index is 2.73. The first kappa shape index (κ1) is 9.81. The molecule has 0 aliphatic heterocycles. The molecule has 0 saturated carbocycles. The van der Waals surface area contributed by atoms with Gasteiger partial charge < -0.3 is 5.43 Å². The number of rotatable bonds is 2. The zero-order valence-corrected chi connectivity index (χ0v) is 8.67. The second-order valence-electron chi connectivity index (χ2n) is 2.97. The number of nitro benzene ring substituents is 1. The monoisotopic (exact) mass is 224 g/mol. The first-order valence-electron chi connectivity index (χ1n) is 4.14. The van der Waals surface area contributed by atoms with E-state index in [1.165, 1.54) is 17.4 Å². The van der Waals surface area contributed by atoms with E-state index in [9.17, 15) is 10.1 Å². The highest BCUT2D eigenvalue weighted by atomic mass is 32.1. The minimum absolute atomic E-state index is 0.0337. The third-order valence-electron chi connectivity index (χ3n) is 1.97. The van der Waals surface area contributed by atoms with Gasteiger partial charge in [-0.25, -0.2) is 4.98 Å². The number of thiazole rings is 1. The first-order chi connectivity index (χ1) is 7.11. The normalized spacial score (nSPS) is 10.5. The number of hydrazine groups is 1. The Labute approximate surface area is 88.9 Å². The molecule has 0 aliphatic carbocycles. The number of hydrogen-bond donors (Lipinski definition) is 2. The van der Waals surface area contributed by atoms with Crippen LogP contribution in [-0.4, -0.2) is 9.91 Å². The van der Waals surface area contributed by atoms with Gasteiger partial charge in [0.05, 0.1) is 20.1 Å². The number of aryl methyl sites for hydroxylation is 1. The van der Waals surface area contributed by atoms with E-state index in [1.807, 2.05) is 6.92 Å². The van der Waals surface area contributed by atoms with Crippen molar-refractivity contribution in [3.05, 3.63) is 27.3 Å². The molecule has 0 saturated heterocycles. The Morgan fingerprint density at radius 1 is 1.60 bits per heavy atom. The second-order valence-corrected chi connectivity index (χ2v) is 4.21. The van der Waals surface area contributed by atoms with Crippen LogP contribution in [0.1, 0.15) is 5.01 Å². The molecule has 0 radical (unpaired) electrons. The Hall–Kier alpha value is -1.73. The quantitative estimate of drug-likeness (QED) is 0.460. The summed E-state index contributed by atoms with van der Waals surface area (Å²) < 4.78 is 0.790. The fraction of sp³-hybridized carbons (Fsp3) is 0.125. The maximum absolute atomic E-state index is 10.7. The molecule has 3 N–H and O–H groups in total. The number of nitrogens with two attached hydrogens (primary N) is 1. The SMILES string of the molecule is Cc1nc2cc(NN)c([N+](=O)[O-])cc2s1. The first-order valence-corrected chi connectivity index (χ1v) is 4.95. The topological polar surface area (TPSA) is 94.1 Å². The van der Waals surface area contributed by atoms with Gasteiger partial charge in [0.15, 0.2) is 0 Å². The van der Waals surface area contributed by atoms with Gasteiger partial charge in [0, 0.05) is 6.07 Å². The van der Waals surface area contributed by atoms with Crippen LogP contribution in [0.5, 0.6) is 0 Å². The molecule has 6 nitrogen and oxygen atoms in total. The van der Waals surface area contributed by atoms with Crippen LogP contribution in [0.4, 0.5) is 11.4 Å². The van der Waals surface area contributed by atoms with Crippen LogP contribution in [0, 0.1) is 17.0 Å². The molecule has 15 heavy (non-hydrogen) atoms. The fourth-order valence-electron chi connectivity index (χ4n) is 1.35. The number of anilines is 1. The summed E-state index contributed by atoms with van der Waals surface area (Å²) in [5.74, 6) is 5.21. The van der Waals surface area contributed by atoms with Gasteiger partial charge in [-0.3, -0.25) is 16.0 Å². The average molecular weight is 224 g/mol. The number of benzene rings is 1. The van der Waals surface area contributed by atoms with E-state index in [2.05, 4.69) is 10.4 Å². The summed E-state index contributed by atoms with van der Waals surface area (Å²) in [6.45, 7) is 1.85. The maximum atomic E-state index is 10.7. The van der Waals surface area contributed by atoms with E-state index in [1.54, 1.807) is 6.07 Å². The summed E-state index contributed by atoms with van der Waals surface area (Å²) in [6, 6.07) is 3.06. The molecule has 0 bridgehead atoms. The van der Waals surface area contributed by atoms with Crippen LogP contribution in [-0.2, 0) is 0 Å². The lowest BCUT2D eigenvalue weighted by molar-refractivity contribution is -0.383. The number of hydrogen-bond acceptors (Lipinski definition) is 6. The number of nitrogen functional groups attached to an aromatic ring is 1. The number of nitrogens with zero attached hydrogens (tertiary/aromatic N) is 2. The molecule has 7 heteroatoms. The Bertz CT molecular complexity index is 537. The van der Waals surface area contributed by atoms with Gasteiger partial charge >= 0.3 is 0 Å². The van der Waals surface area contributed by atoms with Crippen molar-refractivity contribution in [3.63, 3.8) is 0 Å². The highest BCUT2D eigenvalue weighted by Crippen LogP contribution is 2.32. The summed E-state index contributed by atoms with van der Waals surface area (Å²) in [4.78, 5) is 14.5. The Kier molecular flexibility index (Phi) is 2.25. The molecule has 78 valence electrons. The van der Waals surface area contributed by atoms with Gasteiger partial charge in [-0.05, 0) is 13.0 Å². The fourth-order valence-corrected chi connectivity index (χ4v) is 2.19. The third kappa shape index (κ3) is 1.62. The van der Waals surface area contributed by atoms with E-state index >= 15 is 0 Å². The molecule has 0 unspecified atom stereocenters. The summed E-state index contributed by atoms with van der Waals surface area (Å²) in [6.07, 6.45) is 0. The van der Waals surface area contributed by atoms with Crippen LogP contribution < -0.4 is 11.3 Å². The molecular formula is C8H8N4O2S. The van der Waals surface area contributed by atoms with Gasteiger partial charge in [-0.2, -0.15) is 0 Å². The molecule has 0 spiro atoms. The number of nitrogens with one attached hydrogen (secondary N) is 1. The highest BCUT2D eigenvalue weighted by molar-refractivity contribution is 7.18. The predicted molar refractivity (Wildman–Crippen MR) is 58.8 cm³/mol. The van der Waals surface area contributed by atoms with Crippen LogP contribution >= 0.6 is 11.3 Å². The van der Waals surface area contributed by atoms with Gasteiger partial charge in [0.25, 0.3) is 5.69 Å². The second kappa shape index (κ2) is 3.44. The van der Waals surface area contributed by atoms with Crippen LogP contribution in [0.15, 0.2) is 12.1 Å². The summed E-state index contributed by atoms with van der Waals surface area (Å²) in [5, 5.41) is 11.6. The predicted octanol–water partition coefficient (Wildman–Crippen LogP) is 1.80. The molecule has 1 aromatic carbocycles. The minimum atomic E-state index is -0.469. The summed E-state index contributed by atoms with van der Waals surface area (Å²) in [7, 11) is 0. The van der Waals surface area contributed by atoms with E-state index in [0.717, 1.165) is 15.2 Å². The maximum Gasteiger partial charge on any atom is 0.295 e. The molecular weight excluding hydrogens is 216 g/mol. The molecule has 1 heterocycles. The summed E-state index contributed by atoms with van der Waals surface area (Å²) in [5.41, 5.74) is 3.26. The van der Waals surface area contributed by atoms with Gasteiger partial charge in [0.1, 0.15) is 5.69 Å². The van der Waals surface area contributed by atoms with Gasteiger partial charge in [-0.1, -0.05) is 0 Å². The number of nitro groups is 1. The lowest BCUT2D eigenvalue weighted by Crippen LogP contribution is -2.08. The van der Waals surface area contributed by atoms with Crippen molar-refractivity contribution in [1.82, 2.24) is 4.98 Å². The summed E-state index contributed by atoms with van der Waals surface area (Å²) >= 11 is 1.42. The molecule has 0 atom stereocenters. The number of aromatic nitrogens is 1. The zero-order chi connectivity index (χ0) is 11.0. The van der Waals surface area contributed by atoms with E-state index in [0.29, 0.717) is 0 Å². The van der Waals surface area contributed by atoms with Crippen LogP contribution in [0.3, 0.4) is 0 Å². The van der Waals surface area contributed by atoms with Gasteiger partial charge in [0.2, 0.25) is 0 Å². The smallest absolute Gasteiger partial charge is 0.295 e. The molecule has 1 aromatic heterocycles. The van der Waals surface area contributed by atoms with E-state index in [4.69, 9.17) is 5.84 Å². The molecule has 2 aromatic rings. The van der Waals surface area contributed by atoms with E-state index < -0.39 is 4.92 Å². The van der Waals surface area contributed by atoms with Crippen molar-refractivity contribution in [1.29, 1.82) is 0 Å². The van der Waals surface area contributed by atoms with Crippen LogP contribution in [0.25, 0.3) is 10.2 Å². The molecule has 0 fully saturated rings. The van der Waals surface area contributed by atoms with Crippen LogP contribution in [0.2, 0.25) is 0 Å². The van der Waals surface area contributed by atoms with Crippen molar-refractivity contribution in [2.24, 2.45) is 5.84 Å². The van der Waals surface area contributed by atoms with Crippen molar-refractivity contribution >= 4 is 32.9 Å². The van der Waals surface area contributed by atoms with Crippen molar-refractivity contribution < 1.29 is 4.92 Å².